The lowest BCUT2D eigenvalue weighted by Gasteiger charge is -2.43. The Hall–Kier alpha value is -3.73. The second-order valence-corrected chi connectivity index (χ2v) is 10.9. The molecule has 3 atom stereocenters. The molecule has 5 rings (SSSR count). The quantitative estimate of drug-likeness (QED) is 0.361. The first-order chi connectivity index (χ1) is 17.8. The van der Waals surface area contributed by atoms with Gasteiger partial charge in [0.05, 0.1) is 0 Å². The van der Waals surface area contributed by atoms with Gasteiger partial charge in [-0.15, -0.1) is 0 Å². The fraction of sp³-hybridized carbons (Fsp3) is 0.344. The molecule has 2 amide bonds. The molecule has 0 saturated heterocycles. The third kappa shape index (κ3) is 4.16. The molecule has 5 nitrogen and oxygen atoms in total. The highest BCUT2D eigenvalue weighted by molar-refractivity contribution is 6.17. The average molecular weight is 496 g/mol. The summed E-state index contributed by atoms with van der Waals surface area (Å²) in [5, 5.41) is 0. The zero-order valence-electron chi connectivity index (χ0n) is 21.6. The molecule has 37 heavy (non-hydrogen) atoms. The Morgan fingerprint density at radius 2 is 1.46 bits per heavy atom. The van der Waals surface area contributed by atoms with Gasteiger partial charge >= 0.3 is 6.09 Å². The summed E-state index contributed by atoms with van der Waals surface area (Å²) in [6, 6.07) is 26.1. The van der Waals surface area contributed by atoms with Gasteiger partial charge in [-0.25, -0.2) is 9.69 Å². The van der Waals surface area contributed by atoms with Crippen molar-refractivity contribution < 1.29 is 19.1 Å². The predicted molar refractivity (Wildman–Crippen MR) is 142 cm³/mol. The molecule has 190 valence electrons. The van der Waals surface area contributed by atoms with Crippen molar-refractivity contribution in [3.05, 3.63) is 107 Å². The van der Waals surface area contributed by atoms with E-state index in [2.05, 4.69) is 26.0 Å². The molecular formula is C32H33NO4. The number of nitrogens with zero attached hydrogens (tertiary/aromatic N) is 1. The van der Waals surface area contributed by atoms with Gasteiger partial charge in [0.2, 0.25) is 0 Å². The van der Waals surface area contributed by atoms with E-state index in [1.165, 1.54) is 5.56 Å². The van der Waals surface area contributed by atoms with Gasteiger partial charge in [0.1, 0.15) is 11.6 Å². The number of amides is 2. The zero-order chi connectivity index (χ0) is 26.2. The standard InChI is InChI=1S/C32H33NO4/c1-31(2,23-16-8-5-9-17-23)26-20-12-13-21-27(26)37-30(36)33-29(35)24-18-10-11-19-25(24)32(33,3)28(34)22-14-6-4-7-15-22/h4-11,14-19,26-27H,12-13,20-21H2,1-3H3/t26-,27-,32-/m0/s1. The number of ketones is 1. The van der Waals surface area contributed by atoms with E-state index in [1.807, 2.05) is 24.3 Å². The second kappa shape index (κ2) is 9.62. The van der Waals surface area contributed by atoms with E-state index in [0.717, 1.165) is 30.6 Å². The summed E-state index contributed by atoms with van der Waals surface area (Å²) >= 11 is 0. The highest BCUT2D eigenvalue weighted by atomic mass is 16.6. The summed E-state index contributed by atoms with van der Waals surface area (Å²) in [7, 11) is 0. The van der Waals surface area contributed by atoms with Crippen molar-refractivity contribution in [2.75, 3.05) is 0 Å². The van der Waals surface area contributed by atoms with Crippen LogP contribution in [0.2, 0.25) is 0 Å². The molecule has 0 unspecified atom stereocenters. The molecule has 0 aromatic heterocycles. The van der Waals surface area contributed by atoms with Crippen LogP contribution in [0.3, 0.4) is 0 Å². The maximum absolute atomic E-state index is 13.9. The van der Waals surface area contributed by atoms with E-state index < -0.39 is 17.5 Å². The number of ether oxygens (including phenoxy) is 1. The van der Waals surface area contributed by atoms with Crippen LogP contribution in [0.1, 0.15) is 78.3 Å². The summed E-state index contributed by atoms with van der Waals surface area (Å²) in [4.78, 5) is 42.4. The van der Waals surface area contributed by atoms with Gasteiger partial charge in [-0.05, 0) is 48.8 Å². The van der Waals surface area contributed by atoms with Crippen molar-refractivity contribution in [1.29, 1.82) is 0 Å². The van der Waals surface area contributed by atoms with Gasteiger partial charge in [0.15, 0.2) is 5.78 Å². The minimum atomic E-state index is -1.49. The number of benzene rings is 3. The molecule has 0 spiro atoms. The van der Waals surface area contributed by atoms with Crippen LogP contribution < -0.4 is 0 Å². The van der Waals surface area contributed by atoms with Crippen molar-refractivity contribution in [2.45, 2.75) is 63.5 Å². The first-order valence-electron chi connectivity index (χ1n) is 13.1. The van der Waals surface area contributed by atoms with Crippen molar-refractivity contribution in [3.8, 4) is 0 Å². The number of imide groups is 1. The lowest BCUT2D eigenvalue weighted by molar-refractivity contribution is -0.0140. The van der Waals surface area contributed by atoms with E-state index >= 15 is 0 Å². The fourth-order valence-corrected chi connectivity index (χ4v) is 6.23. The molecular weight excluding hydrogens is 462 g/mol. The topological polar surface area (TPSA) is 63.7 Å². The Labute approximate surface area is 218 Å². The minimum Gasteiger partial charge on any atom is -0.445 e. The van der Waals surface area contributed by atoms with E-state index in [9.17, 15) is 14.4 Å². The maximum Gasteiger partial charge on any atom is 0.418 e. The second-order valence-electron chi connectivity index (χ2n) is 10.9. The third-order valence-electron chi connectivity index (χ3n) is 8.39. The van der Waals surface area contributed by atoms with Crippen molar-refractivity contribution >= 4 is 17.8 Å². The van der Waals surface area contributed by atoms with Crippen LogP contribution in [-0.2, 0) is 15.7 Å². The first-order valence-corrected chi connectivity index (χ1v) is 13.1. The van der Waals surface area contributed by atoms with Crippen molar-refractivity contribution in [1.82, 2.24) is 4.90 Å². The highest BCUT2D eigenvalue weighted by Crippen LogP contribution is 2.45. The Kier molecular flexibility index (Phi) is 6.49. The van der Waals surface area contributed by atoms with Gasteiger partial charge in [-0.1, -0.05) is 99.1 Å². The molecule has 0 N–H and O–H groups in total. The molecule has 5 heteroatoms. The number of Topliss-reactive ketones (excluding diaryl/α,β-unsaturated/α-hetero) is 1. The normalized spacial score (nSPS) is 23.4. The van der Waals surface area contributed by atoms with E-state index in [-0.39, 0.29) is 23.2 Å². The maximum atomic E-state index is 13.9. The molecule has 1 aliphatic carbocycles. The molecule has 1 heterocycles. The number of hydrogen-bond acceptors (Lipinski definition) is 4. The van der Waals surface area contributed by atoms with Crippen LogP contribution in [0.5, 0.6) is 0 Å². The summed E-state index contributed by atoms with van der Waals surface area (Å²) in [5.41, 5.74) is 0.787. The van der Waals surface area contributed by atoms with Crippen LogP contribution in [0.25, 0.3) is 0 Å². The van der Waals surface area contributed by atoms with Crippen LogP contribution >= 0.6 is 0 Å². The van der Waals surface area contributed by atoms with Gasteiger partial charge in [0, 0.05) is 17.0 Å². The number of carbonyl (C=O) groups is 3. The first kappa shape index (κ1) is 24.9. The monoisotopic (exact) mass is 495 g/mol. The number of rotatable bonds is 5. The SMILES string of the molecule is CC(C)(c1ccccc1)[C@H]1CCCC[C@@H]1OC(=O)N1C(=O)c2ccccc2[C@@]1(C)C(=O)c1ccccc1. The van der Waals surface area contributed by atoms with Gasteiger partial charge < -0.3 is 4.74 Å². The largest absolute Gasteiger partial charge is 0.445 e. The Bertz CT molecular complexity index is 1320. The van der Waals surface area contributed by atoms with Crippen LogP contribution in [0.4, 0.5) is 4.79 Å². The summed E-state index contributed by atoms with van der Waals surface area (Å²) < 4.78 is 6.19. The van der Waals surface area contributed by atoms with Crippen LogP contribution in [0.15, 0.2) is 84.9 Å². The van der Waals surface area contributed by atoms with E-state index in [4.69, 9.17) is 4.74 Å². The molecule has 2 aliphatic rings. The fourth-order valence-electron chi connectivity index (χ4n) is 6.23. The molecule has 0 radical (unpaired) electrons. The molecule has 1 saturated carbocycles. The van der Waals surface area contributed by atoms with Gasteiger partial charge in [0.25, 0.3) is 5.91 Å². The Morgan fingerprint density at radius 1 is 0.865 bits per heavy atom. The van der Waals surface area contributed by atoms with Crippen molar-refractivity contribution in [2.24, 2.45) is 5.92 Å². The summed E-state index contributed by atoms with van der Waals surface area (Å²) in [6.45, 7) is 6.04. The van der Waals surface area contributed by atoms with Gasteiger partial charge in [-0.2, -0.15) is 0 Å². The smallest absolute Gasteiger partial charge is 0.418 e. The molecule has 3 aromatic rings. The van der Waals surface area contributed by atoms with E-state index in [1.54, 1.807) is 55.5 Å². The molecule has 0 bridgehead atoms. The van der Waals surface area contributed by atoms with Crippen molar-refractivity contribution in [3.63, 3.8) is 0 Å². The highest BCUT2D eigenvalue weighted by Gasteiger charge is 2.56. The third-order valence-corrected chi connectivity index (χ3v) is 8.39. The molecule has 3 aromatic carbocycles. The average Bonchev–Trinajstić information content (AvgIpc) is 3.17. The van der Waals surface area contributed by atoms with Crippen LogP contribution in [-0.4, -0.2) is 28.8 Å². The molecule has 1 fully saturated rings. The minimum absolute atomic E-state index is 0.0868. The number of fused-ring (bicyclic) bond motifs is 1. The lowest BCUT2D eigenvalue weighted by Crippen LogP contribution is -2.52. The van der Waals surface area contributed by atoms with E-state index in [0.29, 0.717) is 16.7 Å². The summed E-state index contributed by atoms with van der Waals surface area (Å²) in [5.74, 6) is -0.723. The zero-order valence-corrected chi connectivity index (χ0v) is 21.6. The van der Waals surface area contributed by atoms with Crippen LogP contribution in [0, 0.1) is 5.92 Å². The Balaban J connectivity index is 1.49. The lowest BCUT2D eigenvalue weighted by atomic mass is 9.66. The number of hydrogen-bond donors (Lipinski definition) is 0. The number of carbonyl (C=O) groups excluding carboxylic acids is 3. The predicted octanol–water partition coefficient (Wildman–Crippen LogP) is 6.91. The summed E-state index contributed by atoms with van der Waals surface area (Å²) in [6.07, 6.45) is 2.55. The Morgan fingerprint density at radius 3 is 2.16 bits per heavy atom. The molecule has 1 aliphatic heterocycles. The van der Waals surface area contributed by atoms with Gasteiger partial charge in [-0.3, -0.25) is 9.59 Å².